The maximum absolute atomic E-state index is 4.35. The second-order valence-electron chi connectivity index (χ2n) is 6.06. The van der Waals surface area contributed by atoms with E-state index in [1.54, 1.807) is 0 Å². The lowest BCUT2D eigenvalue weighted by Gasteiger charge is -2.28. The van der Waals surface area contributed by atoms with E-state index in [4.69, 9.17) is 0 Å². The zero-order valence-electron chi connectivity index (χ0n) is 13.3. The Bertz CT molecular complexity index is 412. The zero-order valence-corrected chi connectivity index (χ0v) is 13.3. The van der Waals surface area contributed by atoms with Crippen LogP contribution in [-0.2, 0) is 6.54 Å². The summed E-state index contributed by atoms with van der Waals surface area (Å²) >= 11 is 0. The van der Waals surface area contributed by atoms with Crippen LogP contribution in [0.1, 0.15) is 52.0 Å². The van der Waals surface area contributed by atoms with Gasteiger partial charge in [0.25, 0.3) is 0 Å². The number of anilines is 1. The number of hydrogen-bond acceptors (Lipinski definition) is 3. The highest BCUT2D eigenvalue weighted by molar-refractivity contribution is 5.52. The normalized spacial score (nSPS) is 17.6. The van der Waals surface area contributed by atoms with Crippen molar-refractivity contribution in [3.8, 4) is 0 Å². The molecule has 0 unspecified atom stereocenters. The van der Waals surface area contributed by atoms with E-state index in [0.29, 0.717) is 5.41 Å². The van der Waals surface area contributed by atoms with Gasteiger partial charge in [0.15, 0.2) is 0 Å². The van der Waals surface area contributed by atoms with Crippen LogP contribution in [0.25, 0.3) is 0 Å². The van der Waals surface area contributed by atoms with E-state index < -0.39 is 0 Å². The Kier molecular flexibility index (Phi) is 5.41. The molecule has 1 aliphatic rings. The van der Waals surface area contributed by atoms with Gasteiger partial charge in [-0.15, -0.1) is 0 Å². The molecule has 0 saturated carbocycles. The van der Waals surface area contributed by atoms with E-state index in [2.05, 4.69) is 42.0 Å². The number of pyridine rings is 1. The predicted octanol–water partition coefficient (Wildman–Crippen LogP) is 3.60. The van der Waals surface area contributed by atoms with Crippen LogP contribution in [0.4, 0.5) is 5.69 Å². The topological polar surface area (TPSA) is 28.2 Å². The molecule has 1 aromatic heterocycles. The van der Waals surface area contributed by atoms with E-state index in [1.165, 1.54) is 50.0 Å². The largest absolute Gasteiger partial charge is 0.369 e. The summed E-state index contributed by atoms with van der Waals surface area (Å²) in [6.45, 7) is 11.3. The molecule has 0 bridgehead atoms. The van der Waals surface area contributed by atoms with Gasteiger partial charge in [-0.05, 0) is 49.3 Å². The molecule has 1 aromatic rings. The highest BCUT2D eigenvalue weighted by Crippen LogP contribution is 2.39. The Hall–Kier alpha value is -1.09. The summed E-state index contributed by atoms with van der Waals surface area (Å²) in [5, 5.41) is 3.51. The zero-order chi connectivity index (χ0) is 14.4. The highest BCUT2D eigenvalue weighted by Gasteiger charge is 2.35. The molecule has 3 heteroatoms. The van der Waals surface area contributed by atoms with Gasteiger partial charge in [0.05, 0.1) is 11.9 Å². The van der Waals surface area contributed by atoms with Gasteiger partial charge < -0.3 is 10.2 Å². The number of rotatable bonds is 7. The minimum atomic E-state index is 0.518. The molecular formula is C17H29N3. The second kappa shape index (κ2) is 7.07. The lowest BCUT2D eigenvalue weighted by molar-refractivity contribution is 0.301. The molecule has 1 saturated heterocycles. The van der Waals surface area contributed by atoms with Gasteiger partial charge in [0, 0.05) is 25.8 Å². The summed E-state index contributed by atoms with van der Waals surface area (Å²) in [4.78, 5) is 6.89. The number of aromatic nitrogens is 1. The van der Waals surface area contributed by atoms with Gasteiger partial charge in [-0.1, -0.05) is 20.8 Å². The minimum Gasteiger partial charge on any atom is -0.369 e. The fraction of sp³-hybridized carbons (Fsp3) is 0.706. The fourth-order valence-corrected chi connectivity index (χ4v) is 3.22. The first-order chi connectivity index (χ1) is 9.74. The van der Waals surface area contributed by atoms with Crippen molar-refractivity contribution in [3.05, 3.63) is 24.0 Å². The van der Waals surface area contributed by atoms with Crippen molar-refractivity contribution in [1.82, 2.24) is 10.3 Å². The Morgan fingerprint density at radius 2 is 2.10 bits per heavy atom. The molecule has 0 spiro atoms. The van der Waals surface area contributed by atoms with Crippen LogP contribution in [0.2, 0.25) is 0 Å². The second-order valence-corrected chi connectivity index (χ2v) is 6.06. The van der Waals surface area contributed by atoms with E-state index in [0.717, 1.165) is 13.1 Å². The summed E-state index contributed by atoms with van der Waals surface area (Å²) in [6, 6.07) is 2.16. The highest BCUT2D eigenvalue weighted by atomic mass is 15.2. The molecule has 3 nitrogen and oxygen atoms in total. The Morgan fingerprint density at radius 1 is 1.30 bits per heavy atom. The number of nitrogens with zero attached hydrogens (tertiary/aromatic N) is 2. The molecule has 0 atom stereocenters. The SMILES string of the molecule is CCCNCc1ccncc1N1CCC(CC)(CC)C1. The van der Waals surface area contributed by atoms with Gasteiger partial charge in [-0.25, -0.2) is 0 Å². The summed E-state index contributed by atoms with van der Waals surface area (Å²) in [6.07, 6.45) is 9.02. The summed E-state index contributed by atoms with van der Waals surface area (Å²) in [5.41, 5.74) is 3.24. The van der Waals surface area contributed by atoms with Gasteiger partial charge in [0.1, 0.15) is 0 Å². The van der Waals surface area contributed by atoms with Crippen molar-refractivity contribution in [2.24, 2.45) is 5.41 Å². The summed E-state index contributed by atoms with van der Waals surface area (Å²) < 4.78 is 0. The number of hydrogen-bond donors (Lipinski definition) is 1. The van der Waals surface area contributed by atoms with Crippen molar-refractivity contribution in [3.63, 3.8) is 0 Å². The van der Waals surface area contributed by atoms with Crippen LogP contribution in [-0.4, -0.2) is 24.6 Å². The molecule has 2 heterocycles. The molecule has 112 valence electrons. The van der Waals surface area contributed by atoms with Gasteiger partial charge in [0.2, 0.25) is 0 Å². The molecule has 0 aromatic carbocycles. The van der Waals surface area contributed by atoms with E-state index in [-0.39, 0.29) is 0 Å². The third-order valence-electron chi connectivity index (χ3n) is 4.91. The van der Waals surface area contributed by atoms with E-state index in [9.17, 15) is 0 Å². The first-order valence-corrected chi connectivity index (χ1v) is 8.13. The van der Waals surface area contributed by atoms with Crippen molar-refractivity contribution < 1.29 is 0 Å². The molecule has 1 aliphatic heterocycles. The van der Waals surface area contributed by atoms with Gasteiger partial charge in [-0.2, -0.15) is 0 Å². The average molecular weight is 275 g/mol. The third kappa shape index (κ3) is 3.32. The van der Waals surface area contributed by atoms with Crippen LogP contribution in [0.3, 0.4) is 0 Å². The molecule has 0 aliphatic carbocycles. The number of nitrogens with one attached hydrogen (secondary N) is 1. The Balaban J connectivity index is 2.09. The Labute approximate surface area is 123 Å². The average Bonchev–Trinajstić information content (AvgIpc) is 2.93. The smallest absolute Gasteiger partial charge is 0.0598 e. The molecule has 0 radical (unpaired) electrons. The van der Waals surface area contributed by atoms with Gasteiger partial charge in [-0.3, -0.25) is 4.98 Å². The van der Waals surface area contributed by atoms with Crippen LogP contribution in [0.5, 0.6) is 0 Å². The Morgan fingerprint density at radius 3 is 2.75 bits per heavy atom. The maximum Gasteiger partial charge on any atom is 0.0598 e. The van der Waals surface area contributed by atoms with Crippen molar-refractivity contribution in [2.75, 3.05) is 24.5 Å². The van der Waals surface area contributed by atoms with Crippen LogP contribution < -0.4 is 10.2 Å². The first kappa shape index (κ1) is 15.3. The van der Waals surface area contributed by atoms with Crippen molar-refractivity contribution in [2.45, 2.75) is 53.0 Å². The predicted molar refractivity (Wildman–Crippen MR) is 86.1 cm³/mol. The quantitative estimate of drug-likeness (QED) is 0.771. The maximum atomic E-state index is 4.35. The monoisotopic (exact) mass is 275 g/mol. The van der Waals surface area contributed by atoms with E-state index in [1.807, 2.05) is 12.4 Å². The molecule has 2 rings (SSSR count). The van der Waals surface area contributed by atoms with Crippen LogP contribution in [0.15, 0.2) is 18.5 Å². The lowest BCUT2D eigenvalue weighted by Crippen LogP contribution is -2.27. The van der Waals surface area contributed by atoms with Gasteiger partial charge >= 0.3 is 0 Å². The minimum absolute atomic E-state index is 0.518. The molecule has 0 amide bonds. The summed E-state index contributed by atoms with van der Waals surface area (Å²) in [7, 11) is 0. The lowest BCUT2D eigenvalue weighted by atomic mass is 9.82. The van der Waals surface area contributed by atoms with Crippen molar-refractivity contribution in [1.29, 1.82) is 0 Å². The van der Waals surface area contributed by atoms with Crippen LogP contribution in [0, 0.1) is 5.41 Å². The first-order valence-electron chi connectivity index (χ1n) is 8.13. The standard InChI is InChI=1S/C17H29N3/c1-4-9-18-12-15-7-10-19-13-16(15)20-11-8-17(5-2,6-3)14-20/h7,10,13,18H,4-6,8-9,11-12,14H2,1-3H3. The van der Waals surface area contributed by atoms with Crippen molar-refractivity contribution >= 4 is 5.69 Å². The molecule has 20 heavy (non-hydrogen) atoms. The van der Waals surface area contributed by atoms with E-state index >= 15 is 0 Å². The molecular weight excluding hydrogens is 246 g/mol. The molecule has 1 fully saturated rings. The van der Waals surface area contributed by atoms with Crippen LogP contribution >= 0.6 is 0 Å². The third-order valence-corrected chi connectivity index (χ3v) is 4.91. The summed E-state index contributed by atoms with van der Waals surface area (Å²) in [5.74, 6) is 0. The molecule has 1 N–H and O–H groups in total. The fourth-order valence-electron chi connectivity index (χ4n) is 3.22.